The fourth-order valence-electron chi connectivity index (χ4n) is 1.58. The van der Waals surface area contributed by atoms with Crippen molar-refractivity contribution in [2.45, 2.75) is 24.6 Å². The number of nitro benzene ring substituents is 1. The molecule has 0 aromatic heterocycles. The van der Waals surface area contributed by atoms with Crippen LogP contribution < -0.4 is 5.32 Å². The number of anilines is 1. The number of hydrogen-bond acceptors (Lipinski definition) is 3. The number of non-ortho nitro benzene ring substituents is 1. The maximum absolute atomic E-state index is 12.6. The van der Waals surface area contributed by atoms with Crippen molar-refractivity contribution in [1.82, 2.24) is 0 Å². The van der Waals surface area contributed by atoms with Gasteiger partial charge in [-0.2, -0.15) is 13.2 Å². The molecule has 0 saturated heterocycles. The van der Waals surface area contributed by atoms with Gasteiger partial charge in [-0.3, -0.25) is 10.1 Å². The van der Waals surface area contributed by atoms with Crippen LogP contribution in [0.5, 0.6) is 0 Å². The Morgan fingerprint density at radius 1 is 1.35 bits per heavy atom. The molecule has 1 aromatic carbocycles. The molecule has 4 nitrogen and oxygen atoms in total. The first-order valence-electron chi connectivity index (χ1n) is 4.93. The topological polar surface area (TPSA) is 55.2 Å². The van der Waals surface area contributed by atoms with E-state index >= 15 is 0 Å². The van der Waals surface area contributed by atoms with Crippen LogP contribution in [-0.2, 0) is 0 Å². The second-order valence-corrected chi connectivity index (χ2v) is 4.01. The lowest BCUT2D eigenvalue weighted by Crippen LogP contribution is -2.38. The molecule has 1 aromatic rings. The first-order valence-corrected chi connectivity index (χ1v) is 4.93. The summed E-state index contributed by atoms with van der Waals surface area (Å²) < 4.78 is 37.9. The normalized spacial score (nSPS) is 17.6. The monoisotopic (exact) mass is 246 g/mol. The van der Waals surface area contributed by atoms with Gasteiger partial charge in [0.1, 0.15) is 5.54 Å². The first-order chi connectivity index (χ1) is 7.84. The molecule has 0 unspecified atom stereocenters. The maximum Gasteiger partial charge on any atom is 0.411 e. The highest BCUT2D eigenvalue weighted by Gasteiger charge is 2.63. The molecule has 0 atom stereocenters. The van der Waals surface area contributed by atoms with Crippen molar-refractivity contribution in [3.63, 3.8) is 0 Å². The summed E-state index contributed by atoms with van der Waals surface area (Å²) in [6, 6.07) is 5.08. The van der Waals surface area contributed by atoms with Gasteiger partial charge in [0.05, 0.1) is 4.92 Å². The number of benzene rings is 1. The molecule has 0 radical (unpaired) electrons. The minimum absolute atomic E-state index is 0.000802. The molecule has 0 spiro atoms. The van der Waals surface area contributed by atoms with Gasteiger partial charge in [0.2, 0.25) is 0 Å². The standard InChI is InChI=1S/C10H9F3N2O2/c11-10(12,13)9(4-5-9)14-7-2-1-3-8(6-7)15(16)17/h1-3,6,14H,4-5H2. The molecular weight excluding hydrogens is 237 g/mol. The van der Waals surface area contributed by atoms with E-state index in [4.69, 9.17) is 0 Å². The number of hydrogen-bond donors (Lipinski definition) is 1. The van der Waals surface area contributed by atoms with Crippen LogP contribution >= 0.6 is 0 Å². The number of nitrogens with one attached hydrogen (secondary N) is 1. The summed E-state index contributed by atoms with van der Waals surface area (Å²) >= 11 is 0. The van der Waals surface area contributed by atoms with Crippen LogP contribution in [-0.4, -0.2) is 16.6 Å². The summed E-state index contributed by atoms with van der Waals surface area (Å²) in [7, 11) is 0. The highest BCUT2D eigenvalue weighted by molar-refractivity contribution is 5.54. The minimum atomic E-state index is -4.34. The van der Waals surface area contributed by atoms with Crippen molar-refractivity contribution in [1.29, 1.82) is 0 Å². The van der Waals surface area contributed by atoms with Gasteiger partial charge < -0.3 is 5.32 Å². The summed E-state index contributed by atoms with van der Waals surface area (Å²) in [5.74, 6) is 0. The molecule has 7 heteroatoms. The number of nitro groups is 1. The fourth-order valence-corrected chi connectivity index (χ4v) is 1.58. The van der Waals surface area contributed by atoms with E-state index in [0.717, 1.165) is 6.07 Å². The molecule has 1 aliphatic rings. The van der Waals surface area contributed by atoms with Gasteiger partial charge in [0.15, 0.2) is 0 Å². The zero-order valence-electron chi connectivity index (χ0n) is 8.62. The third-order valence-electron chi connectivity index (χ3n) is 2.73. The van der Waals surface area contributed by atoms with E-state index in [1.54, 1.807) is 0 Å². The molecule has 0 bridgehead atoms. The Hall–Kier alpha value is -1.79. The molecule has 0 heterocycles. The highest BCUT2D eigenvalue weighted by atomic mass is 19.4. The number of nitrogens with zero attached hydrogens (tertiary/aromatic N) is 1. The van der Waals surface area contributed by atoms with E-state index in [1.165, 1.54) is 18.2 Å². The third kappa shape index (κ3) is 2.17. The van der Waals surface area contributed by atoms with Crippen molar-refractivity contribution < 1.29 is 18.1 Å². The maximum atomic E-state index is 12.6. The Morgan fingerprint density at radius 3 is 2.47 bits per heavy atom. The van der Waals surface area contributed by atoms with Gasteiger partial charge in [0, 0.05) is 17.8 Å². The molecule has 1 N–H and O–H groups in total. The van der Waals surface area contributed by atoms with Gasteiger partial charge in [-0.05, 0) is 18.9 Å². The summed E-state index contributed by atoms with van der Waals surface area (Å²) in [6.07, 6.45) is -4.34. The van der Waals surface area contributed by atoms with E-state index in [2.05, 4.69) is 5.32 Å². The second-order valence-electron chi connectivity index (χ2n) is 4.01. The van der Waals surface area contributed by atoms with Crippen LogP contribution in [0.4, 0.5) is 24.5 Å². The molecular formula is C10H9F3N2O2. The zero-order valence-corrected chi connectivity index (χ0v) is 8.62. The van der Waals surface area contributed by atoms with Crippen molar-refractivity contribution in [2.24, 2.45) is 0 Å². The summed E-state index contributed by atoms with van der Waals surface area (Å²) in [5, 5.41) is 12.8. The summed E-state index contributed by atoms with van der Waals surface area (Å²) in [5.41, 5.74) is -2.01. The van der Waals surface area contributed by atoms with Gasteiger partial charge in [-0.1, -0.05) is 6.07 Å². The zero-order chi connectivity index (χ0) is 12.7. The highest BCUT2D eigenvalue weighted by Crippen LogP contribution is 2.51. The Kier molecular flexibility index (Phi) is 2.48. The van der Waals surface area contributed by atoms with Crippen molar-refractivity contribution in [2.75, 3.05) is 5.32 Å². The van der Waals surface area contributed by atoms with Crippen LogP contribution in [0.25, 0.3) is 0 Å². The van der Waals surface area contributed by atoms with E-state index in [1.807, 2.05) is 0 Å². The number of alkyl halides is 3. The smallest absolute Gasteiger partial charge is 0.371 e. The lowest BCUT2D eigenvalue weighted by atomic mass is 10.2. The molecule has 0 amide bonds. The lowest BCUT2D eigenvalue weighted by Gasteiger charge is -2.21. The van der Waals surface area contributed by atoms with E-state index in [-0.39, 0.29) is 24.2 Å². The lowest BCUT2D eigenvalue weighted by molar-refractivity contribution is -0.384. The molecule has 17 heavy (non-hydrogen) atoms. The molecule has 92 valence electrons. The Morgan fingerprint density at radius 2 is 2.00 bits per heavy atom. The largest absolute Gasteiger partial charge is 0.411 e. The van der Waals surface area contributed by atoms with E-state index < -0.39 is 16.6 Å². The van der Waals surface area contributed by atoms with Gasteiger partial charge in [-0.25, -0.2) is 0 Å². The fraction of sp³-hybridized carbons (Fsp3) is 0.400. The summed E-state index contributed by atoms with van der Waals surface area (Å²) in [6.45, 7) is 0. The SMILES string of the molecule is O=[N+]([O-])c1cccc(NC2(C(F)(F)F)CC2)c1. The van der Waals surface area contributed by atoms with Crippen LogP contribution in [0.3, 0.4) is 0 Å². The molecule has 1 aliphatic carbocycles. The molecule has 1 fully saturated rings. The predicted molar refractivity (Wildman–Crippen MR) is 54.7 cm³/mol. The van der Waals surface area contributed by atoms with Crippen molar-refractivity contribution >= 4 is 11.4 Å². The van der Waals surface area contributed by atoms with Crippen LogP contribution in [0.15, 0.2) is 24.3 Å². The number of rotatable bonds is 3. The Balaban J connectivity index is 2.20. The van der Waals surface area contributed by atoms with Crippen LogP contribution in [0.1, 0.15) is 12.8 Å². The van der Waals surface area contributed by atoms with Gasteiger partial charge in [-0.15, -0.1) is 0 Å². The Labute approximate surface area is 94.6 Å². The van der Waals surface area contributed by atoms with Gasteiger partial charge >= 0.3 is 6.18 Å². The predicted octanol–water partition coefficient (Wildman–Crippen LogP) is 3.10. The van der Waals surface area contributed by atoms with Gasteiger partial charge in [0.25, 0.3) is 5.69 Å². The van der Waals surface area contributed by atoms with Crippen molar-refractivity contribution in [3.8, 4) is 0 Å². The minimum Gasteiger partial charge on any atom is -0.371 e. The first kappa shape index (κ1) is 11.7. The second kappa shape index (κ2) is 3.61. The van der Waals surface area contributed by atoms with E-state index in [0.29, 0.717) is 0 Å². The summed E-state index contributed by atoms with van der Waals surface area (Å²) in [4.78, 5) is 9.85. The Bertz CT molecular complexity index is 455. The van der Waals surface area contributed by atoms with Crippen molar-refractivity contribution in [3.05, 3.63) is 34.4 Å². The van der Waals surface area contributed by atoms with E-state index in [9.17, 15) is 23.3 Å². The number of halogens is 3. The average molecular weight is 246 g/mol. The van der Waals surface area contributed by atoms with Crippen LogP contribution in [0.2, 0.25) is 0 Å². The molecule has 2 rings (SSSR count). The quantitative estimate of drug-likeness (QED) is 0.658. The molecule has 1 saturated carbocycles. The van der Waals surface area contributed by atoms with Crippen LogP contribution in [0, 0.1) is 10.1 Å². The average Bonchev–Trinajstić information content (AvgIpc) is 2.98. The third-order valence-corrected chi connectivity index (χ3v) is 2.73. The molecule has 0 aliphatic heterocycles.